The van der Waals surface area contributed by atoms with Crippen molar-refractivity contribution in [1.82, 2.24) is 4.90 Å². The molecule has 5 heteroatoms. The molecule has 0 saturated heterocycles. The third kappa shape index (κ3) is 3.35. The summed E-state index contributed by atoms with van der Waals surface area (Å²) in [7, 11) is 1.61. The standard InChI is InChI=1S/C12H19N3O2/c1-3-15(6-7-17-2)12(16)10-5-4-9(13)8-11(10)14/h4-5,8H,3,6-7,13-14H2,1-2H3. The van der Waals surface area contributed by atoms with Crippen LogP contribution in [0.5, 0.6) is 0 Å². The number of benzene rings is 1. The molecule has 0 unspecified atom stereocenters. The van der Waals surface area contributed by atoms with Gasteiger partial charge in [-0.1, -0.05) is 0 Å². The minimum absolute atomic E-state index is 0.0953. The summed E-state index contributed by atoms with van der Waals surface area (Å²) in [4.78, 5) is 13.8. The molecule has 0 spiro atoms. The van der Waals surface area contributed by atoms with Gasteiger partial charge in [-0.3, -0.25) is 4.79 Å². The third-order valence-corrected chi connectivity index (χ3v) is 2.54. The van der Waals surface area contributed by atoms with Gasteiger partial charge < -0.3 is 21.1 Å². The fraction of sp³-hybridized carbons (Fsp3) is 0.417. The molecule has 94 valence electrons. The molecule has 1 rings (SSSR count). The Hall–Kier alpha value is -1.75. The number of nitrogens with zero attached hydrogens (tertiary/aromatic N) is 1. The molecular weight excluding hydrogens is 218 g/mol. The zero-order valence-electron chi connectivity index (χ0n) is 10.3. The van der Waals surface area contributed by atoms with Crippen LogP contribution in [0.25, 0.3) is 0 Å². The van der Waals surface area contributed by atoms with Crippen LogP contribution in [-0.2, 0) is 4.74 Å². The lowest BCUT2D eigenvalue weighted by molar-refractivity contribution is 0.0707. The Morgan fingerprint density at radius 2 is 2.12 bits per heavy atom. The summed E-state index contributed by atoms with van der Waals surface area (Å²) >= 11 is 0. The van der Waals surface area contributed by atoms with E-state index in [1.54, 1.807) is 30.2 Å². The summed E-state index contributed by atoms with van der Waals surface area (Å²) in [6.07, 6.45) is 0. The van der Waals surface area contributed by atoms with Gasteiger partial charge in [-0.2, -0.15) is 0 Å². The van der Waals surface area contributed by atoms with E-state index in [-0.39, 0.29) is 5.91 Å². The highest BCUT2D eigenvalue weighted by atomic mass is 16.5. The van der Waals surface area contributed by atoms with Gasteiger partial charge in [-0.05, 0) is 25.1 Å². The van der Waals surface area contributed by atoms with Crippen molar-refractivity contribution in [3.05, 3.63) is 23.8 Å². The normalized spacial score (nSPS) is 10.2. The topological polar surface area (TPSA) is 81.6 Å². The Kier molecular flexibility index (Phi) is 4.78. The Labute approximate surface area is 101 Å². The first-order valence-electron chi connectivity index (χ1n) is 5.53. The first-order chi connectivity index (χ1) is 8.10. The van der Waals surface area contributed by atoms with Crippen LogP contribution in [0.3, 0.4) is 0 Å². The van der Waals surface area contributed by atoms with Gasteiger partial charge in [0, 0.05) is 31.6 Å². The van der Waals surface area contributed by atoms with Crippen LogP contribution in [0.1, 0.15) is 17.3 Å². The summed E-state index contributed by atoms with van der Waals surface area (Å²) in [5.41, 5.74) is 12.8. The molecule has 0 heterocycles. The number of anilines is 2. The van der Waals surface area contributed by atoms with Crippen LogP contribution in [-0.4, -0.2) is 37.6 Å². The van der Waals surface area contributed by atoms with Crippen molar-refractivity contribution in [2.45, 2.75) is 6.92 Å². The molecule has 0 saturated carbocycles. The van der Waals surface area contributed by atoms with Crippen LogP contribution in [0.15, 0.2) is 18.2 Å². The second-order valence-corrected chi connectivity index (χ2v) is 3.72. The van der Waals surface area contributed by atoms with Gasteiger partial charge in [0.1, 0.15) is 0 Å². The molecule has 0 aromatic heterocycles. The minimum Gasteiger partial charge on any atom is -0.399 e. The van der Waals surface area contributed by atoms with Gasteiger partial charge in [0.25, 0.3) is 5.91 Å². The Morgan fingerprint density at radius 1 is 1.41 bits per heavy atom. The lowest BCUT2D eigenvalue weighted by atomic mass is 10.1. The number of carbonyl (C=O) groups is 1. The number of rotatable bonds is 5. The van der Waals surface area contributed by atoms with Crippen molar-refractivity contribution in [1.29, 1.82) is 0 Å². The van der Waals surface area contributed by atoms with E-state index in [0.29, 0.717) is 36.6 Å². The second kappa shape index (κ2) is 6.10. The maximum atomic E-state index is 12.2. The van der Waals surface area contributed by atoms with Gasteiger partial charge in [0.05, 0.1) is 12.2 Å². The molecule has 4 N–H and O–H groups in total. The second-order valence-electron chi connectivity index (χ2n) is 3.72. The van der Waals surface area contributed by atoms with Gasteiger partial charge in [0.15, 0.2) is 0 Å². The first kappa shape index (κ1) is 13.3. The lowest BCUT2D eigenvalue weighted by Crippen LogP contribution is -2.34. The van der Waals surface area contributed by atoms with Crippen LogP contribution < -0.4 is 11.5 Å². The fourth-order valence-corrected chi connectivity index (χ4v) is 1.55. The molecule has 0 radical (unpaired) electrons. The molecule has 1 aromatic carbocycles. The Bertz CT molecular complexity index is 393. The minimum atomic E-state index is -0.0953. The third-order valence-electron chi connectivity index (χ3n) is 2.54. The monoisotopic (exact) mass is 237 g/mol. The summed E-state index contributed by atoms with van der Waals surface area (Å²) in [6.45, 7) is 3.59. The molecule has 1 amide bonds. The summed E-state index contributed by atoms with van der Waals surface area (Å²) in [5, 5.41) is 0. The van der Waals surface area contributed by atoms with Crippen LogP contribution in [0, 0.1) is 0 Å². The van der Waals surface area contributed by atoms with Gasteiger partial charge >= 0.3 is 0 Å². The number of ether oxygens (including phenoxy) is 1. The van der Waals surface area contributed by atoms with Crippen LogP contribution in [0.2, 0.25) is 0 Å². The Morgan fingerprint density at radius 3 is 2.65 bits per heavy atom. The first-order valence-corrected chi connectivity index (χ1v) is 5.53. The smallest absolute Gasteiger partial charge is 0.256 e. The number of nitrogens with two attached hydrogens (primary N) is 2. The molecule has 5 nitrogen and oxygen atoms in total. The van der Waals surface area contributed by atoms with E-state index in [4.69, 9.17) is 16.2 Å². The lowest BCUT2D eigenvalue weighted by Gasteiger charge is -2.21. The zero-order valence-corrected chi connectivity index (χ0v) is 10.3. The van der Waals surface area contributed by atoms with Crippen LogP contribution >= 0.6 is 0 Å². The summed E-state index contributed by atoms with van der Waals surface area (Å²) in [6, 6.07) is 4.92. The number of likely N-dealkylation sites (N-methyl/N-ethyl adjacent to an activating group) is 1. The molecule has 0 bridgehead atoms. The van der Waals surface area contributed by atoms with E-state index in [9.17, 15) is 4.79 Å². The zero-order chi connectivity index (χ0) is 12.8. The highest BCUT2D eigenvalue weighted by molar-refractivity contribution is 5.99. The van der Waals surface area contributed by atoms with Crippen molar-refractivity contribution in [3.8, 4) is 0 Å². The molecule has 1 aromatic rings. The predicted molar refractivity (Wildman–Crippen MR) is 68.7 cm³/mol. The fourth-order valence-electron chi connectivity index (χ4n) is 1.55. The van der Waals surface area contributed by atoms with Gasteiger partial charge in [-0.25, -0.2) is 0 Å². The molecule has 17 heavy (non-hydrogen) atoms. The molecule has 0 aliphatic rings. The number of carbonyl (C=O) groups excluding carboxylic acids is 1. The van der Waals surface area contributed by atoms with Crippen molar-refractivity contribution in [2.75, 3.05) is 38.3 Å². The quantitative estimate of drug-likeness (QED) is 0.747. The van der Waals surface area contributed by atoms with E-state index < -0.39 is 0 Å². The molecular formula is C12H19N3O2. The average Bonchev–Trinajstić information content (AvgIpc) is 2.29. The highest BCUT2D eigenvalue weighted by Gasteiger charge is 2.16. The molecule has 0 aliphatic carbocycles. The van der Waals surface area contributed by atoms with E-state index in [0.717, 1.165) is 0 Å². The number of hydrogen-bond donors (Lipinski definition) is 2. The number of hydrogen-bond acceptors (Lipinski definition) is 4. The number of methoxy groups -OCH3 is 1. The van der Waals surface area contributed by atoms with Crippen molar-refractivity contribution in [3.63, 3.8) is 0 Å². The number of amides is 1. The Balaban J connectivity index is 2.86. The molecule has 0 fully saturated rings. The SMILES string of the molecule is CCN(CCOC)C(=O)c1ccc(N)cc1N. The van der Waals surface area contributed by atoms with E-state index in [2.05, 4.69) is 0 Å². The van der Waals surface area contributed by atoms with E-state index in [1.165, 1.54) is 0 Å². The van der Waals surface area contributed by atoms with E-state index >= 15 is 0 Å². The van der Waals surface area contributed by atoms with Crippen molar-refractivity contribution < 1.29 is 9.53 Å². The summed E-state index contributed by atoms with van der Waals surface area (Å²) in [5.74, 6) is -0.0953. The molecule has 0 atom stereocenters. The summed E-state index contributed by atoms with van der Waals surface area (Å²) < 4.78 is 4.96. The highest BCUT2D eigenvalue weighted by Crippen LogP contribution is 2.17. The maximum Gasteiger partial charge on any atom is 0.256 e. The number of nitrogen functional groups attached to an aromatic ring is 2. The average molecular weight is 237 g/mol. The maximum absolute atomic E-state index is 12.2. The van der Waals surface area contributed by atoms with Crippen molar-refractivity contribution >= 4 is 17.3 Å². The van der Waals surface area contributed by atoms with Crippen LogP contribution in [0.4, 0.5) is 11.4 Å². The predicted octanol–water partition coefficient (Wildman–Crippen LogP) is 0.960. The van der Waals surface area contributed by atoms with Gasteiger partial charge in [-0.15, -0.1) is 0 Å². The molecule has 0 aliphatic heterocycles. The van der Waals surface area contributed by atoms with E-state index in [1.807, 2.05) is 6.92 Å². The van der Waals surface area contributed by atoms with Crippen molar-refractivity contribution in [2.24, 2.45) is 0 Å². The van der Waals surface area contributed by atoms with Gasteiger partial charge in [0.2, 0.25) is 0 Å². The largest absolute Gasteiger partial charge is 0.399 e.